The summed E-state index contributed by atoms with van der Waals surface area (Å²) in [5.41, 5.74) is -5.30. The molecule has 1 aromatic heterocycles. The van der Waals surface area contributed by atoms with Gasteiger partial charge < -0.3 is 5.32 Å². The summed E-state index contributed by atoms with van der Waals surface area (Å²) < 4.78 is 109. The highest BCUT2D eigenvalue weighted by Crippen LogP contribution is 2.39. The lowest BCUT2D eigenvalue weighted by Crippen LogP contribution is -2.49. The molecule has 1 heterocycles. The summed E-state index contributed by atoms with van der Waals surface area (Å²) in [6.07, 6.45) is -9.08. The summed E-state index contributed by atoms with van der Waals surface area (Å²) in [4.78, 5) is 17.4. The number of pyridine rings is 1. The van der Waals surface area contributed by atoms with Crippen LogP contribution in [0.3, 0.4) is 0 Å². The Labute approximate surface area is 227 Å². The van der Waals surface area contributed by atoms with E-state index in [0.29, 0.717) is 23.8 Å². The van der Waals surface area contributed by atoms with E-state index in [1.54, 1.807) is 30.3 Å². The standard InChI is InChI=1S/C28H17ClF8N2O/c29-24-9-7-18(15-38-24)26(14-16-4-2-1-3-5-16,19-11-20(27(32,33)34)13-21(30)12-19)39-25(40)17-6-8-22(23(31)10-17)28(35,36)37/h1-13,15H,14H2,(H,39,40). The van der Waals surface area contributed by atoms with Crippen molar-refractivity contribution in [2.45, 2.75) is 24.3 Å². The van der Waals surface area contributed by atoms with Crippen molar-refractivity contribution in [3.63, 3.8) is 0 Å². The highest BCUT2D eigenvalue weighted by atomic mass is 35.5. The summed E-state index contributed by atoms with van der Waals surface area (Å²) in [6, 6.07) is 13.9. The number of nitrogens with one attached hydrogen (secondary N) is 1. The third-order valence-corrected chi connectivity index (χ3v) is 6.34. The molecular weight excluding hydrogens is 568 g/mol. The van der Waals surface area contributed by atoms with Crippen LogP contribution >= 0.6 is 11.6 Å². The van der Waals surface area contributed by atoms with Gasteiger partial charge in [0.25, 0.3) is 5.91 Å². The molecule has 0 fully saturated rings. The van der Waals surface area contributed by atoms with Crippen LogP contribution in [0.1, 0.15) is 38.2 Å². The minimum atomic E-state index is -5.03. The second-order valence-electron chi connectivity index (χ2n) is 8.81. The van der Waals surface area contributed by atoms with E-state index < -0.39 is 52.1 Å². The molecule has 1 amide bonds. The van der Waals surface area contributed by atoms with Crippen LogP contribution < -0.4 is 5.32 Å². The van der Waals surface area contributed by atoms with Crippen molar-refractivity contribution in [1.29, 1.82) is 0 Å². The van der Waals surface area contributed by atoms with Crippen LogP contribution in [-0.2, 0) is 24.3 Å². The van der Waals surface area contributed by atoms with E-state index in [1.807, 2.05) is 0 Å². The van der Waals surface area contributed by atoms with Gasteiger partial charge in [-0.05, 0) is 53.6 Å². The first kappa shape index (κ1) is 29.0. The van der Waals surface area contributed by atoms with Gasteiger partial charge in [0, 0.05) is 23.7 Å². The van der Waals surface area contributed by atoms with Crippen LogP contribution in [0.2, 0.25) is 5.15 Å². The van der Waals surface area contributed by atoms with Crippen LogP contribution in [0.4, 0.5) is 35.1 Å². The van der Waals surface area contributed by atoms with E-state index in [4.69, 9.17) is 11.6 Å². The lowest BCUT2D eigenvalue weighted by atomic mass is 9.77. The molecular formula is C28H17ClF8N2O. The number of benzene rings is 3. The maximum Gasteiger partial charge on any atom is 0.419 e. The molecule has 0 aliphatic rings. The number of amides is 1. The maximum absolute atomic E-state index is 14.7. The Morgan fingerprint density at radius 1 is 0.775 bits per heavy atom. The third-order valence-electron chi connectivity index (χ3n) is 6.11. The zero-order valence-corrected chi connectivity index (χ0v) is 20.8. The van der Waals surface area contributed by atoms with Gasteiger partial charge in [-0.1, -0.05) is 48.0 Å². The largest absolute Gasteiger partial charge is 0.419 e. The number of aromatic nitrogens is 1. The van der Waals surface area contributed by atoms with Gasteiger partial charge in [-0.25, -0.2) is 13.8 Å². The molecule has 208 valence electrons. The molecule has 1 N–H and O–H groups in total. The zero-order valence-electron chi connectivity index (χ0n) is 20.0. The molecule has 4 aromatic rings. The molecule has 0 saturated heterocycles. The van der Waals surface area contributed by atoms with Gasteiger partial charge in [-0.3, -0.25) is 4.79 Å². The van der Waals surface area contributed by atoms with E-state index in [1.165, 1.54) is 12.1 Å². The van der Waals surface area contributed by atoms with Crippen LogP contribution in [0.25, 0.3) is 0 Å². The fourth-order valence-electron chi connectivity index (χ4n) is 4.24. The first-order valence-corrected chi connectivity index (χ1v) is 11.8. The second-order valence-corrected chi connectivity index (χ2v) is 9.20. The lowest BCUT2D eigenvalue weighted by molar-refractivity contribution is -0.140. The maximum atomic E-state index is 14.7. The van der Waals surface area contributed by atoms with Gasteiger partial charge in [0.1, 0.15) is 16.8 Å². The smallest absolute Gasteiger partial charge is 0.338 e. The molecule has 1 atom stereocenters. The number of carbonyl (C=O) groups is 1. The van der Waals surface area contributed by atoms with E-state index in [-0.39, 0.29) is 28.8 Å². The molecule has 0 radical (unpaired) electrons. The van der Waals surface area contributed by atoms with E-state index in [0.717, 1.165) is 18.3 Å². The Kier molecular flexibility index (Phi) is 7.89. The second kappa shape index (κ2) is 10.9. The van der Waals surface area contributed by atoms with Crippen molar-refractivity contribution >= 4 is 17.5 Å². The van der Waals surface area contributed by atoms with Crippen LogP contribution in [-0.4, -0.2) is 10.9 Å². The fourth-order valence-corrected chi connectivity index (χ4v) is 4.35. The molecule has 3 nitrogen and oxygen atoms in total. The summed E-state index contributed by atoms with van der Waals surface area (Å²) in [5, 5.41) is 2.54. The van der Waals surface area contributed by atoms with Gasteiger partial charge in [0.05, 0.1) is 16.7 Å². The van der Waals surface area contributed by atoms with Gasteiger partial charge in [-0.2, -0.15) is 26.3 Å². The first-order chi connectivity index (χ1) is 18.7. The van der Waals surface area contributed by atoms with E-state index in [2.05, 4.69) is 10.3 Å². The van der Waals surface area contributed by atoms with Crippen molar-refractivity contribution in [3.05, 3.63) is 135 Å². The Morgan fingerprint density at radius 3 is 2.02 bits per heavy atom. The zero-order chi connectivity index (χ0) is 29.3. The molecule has 0 aliphatic heterocycles. The summed E-state index contributed by atoms with van der Waals surface area (Å²) >= 11 is 5.91. The number of hydrogen-bond donors (Lipinski definition) is 1. The minimum Gasteiger partial charge on any atom is -0.338 e. The Hall–Kier alpha value is -3.99. The summed E-state index contributed by atoms with van der Waals surface area (Å²) in [6.45, 7) is 0. The van der Waals surface area contributed by atoms with Gasteiger partial charge in [0.2, 0.25) is 0 Å². The van der Waals surface area contributed by atoms with Gasteiger partial charge in [0.15, 0.2) is 0 Å². The van der Waals surface area contributed by atoms with Crippen molar-refractivity contribution in [2.75, 3.05) is 0 Å². The normalized spacial score (nSPS) is 13.5. The molecule has 0 aliphatic carbocycles. The minimum absolute atomic E-state index is 0.00345. The van der Waals surface area contributed by atoms with Crippen LogP contribution in [0.15, 0.2) is 85.1 Å². The van der Waals surface area contributed by atoms with Crippen molar-refractivity contribution in [2.24, 2.45) is 0 Å². The lowest BCUT2D eigenvalue weighted by Gasteiger charge is -2.37. The molecule has 0 saturated carbocycles. The SMILES string of the molecule is O=C(NC(Cc1ccccc1)(c1ccc(Cl)nc1)c1cc(F)cc(C(F)(F)F)c1)c1ccc(C(F)(F)F)c(F)c1. The van der Waals surface area contributed by atoms with Crippen molar-refractivity contribution < 1.29 is 39.9 Å². The Balaban J connectivity index is 1.95. The molecule has 12 heteroatoms. The third kappa shape index (κ3) is 6.25. The predicted molar refractivity (Wildman–Crippen MR) is 130 cm³/mol. The Bertz CT molecular complexity index is 1520. The molecule has 1 unspecified atom stereocenters. The monoisotopic (exact) mass is 584 g/mol. The molecule has 40 heavy (non-hydrogen) atoms. The highest BCUT2D eigenvalue weighted by Gasteiger charge is 2.41. The molecule has 3 aromatic carbocycles. The van der Waals surface area contributed by atoms with E-state index >= 15 is 0 Å². The Morgan fingerprint density at radius 2 is 1.45 bits per heavy atom. The number of nitrogens with zero attached hydrogens (tertiary/aromatic N) is 1. The van der Waals surface area contributed by atoms with Crippen molar-refractivity contribution in [3.8, 4) is 0 Å². The average Bonchev–Trinajstić information content (AvgIpc) is 2.87. The summed E-state index contributed by atoms with van der Waals surface area (Å²) in [5.74, 6) is -4.14. The van der Waals surface area contributed by atoms with Crippen molar-refractivity contribution in [1.82, 2.24) is 10.3 Å². The topological polar surface area (TPSA) is 42.0 Å². The highest BCUT2D eigenvalue weighted by molar-refractivity contribution is 6.29. The van der Waals surface area contributed by atoms with Crippen LogP contribution in [0.5, 0.6) is 0 Å². The fraction of sp³-hybridized carbons (Fsp3) is 0.143. The van der Waals surface area contributed by atoms with E-state index in [9.17, 15) is 39.9 Å². The number of hydrogen-bond acceptors (Lipinski definition) is 2. The van der Waals surface area contributed by atoms with Gasteiger partial charge in [-0.15, -0.1) is 0 Å². The average molecular weight is 585 g/mol. The number of rotatable bonds is 6. The molecule has 0 bridgehead atoms. The number of carbonyl (C=O) groups excluding carboxylic acids is 1. The predicted octanol–water partition coefficient (Wildman–Crippen LogP) is 7.97. The quantitative estimate of drug-likeness (QED) is 0.184. The first-order valence-electron chi connectivity index (χ1n) is 11.4. The summed E-state index contributed by atoms with van der Waals surface area (Å²) in [7, 11) is 0. The number of alkyl halides is 6. The van der Waals surface area contributed by atoms with Crippen LogP contribution in [0, 0.1) is 11.6 Å². The van der Waals surface area contributed by atoms with Gasteiger partial charge >= 0.3 is 12.4 Å². The molecule has 4 rings (SSSR count). The number of halogens is 9. The molecule has 0 spiro atoms.